The van der Waals surface area contributed by atoms with Crippen LogP contribution in [0.25, 0.3) is 0 Å². The third-order valence-electron chi connectivity index (χ3n) is 2.20. The standard InChI is InChI=1S/C9H7NO4S/c11-6(12)3-10-8(13)7(9(10)14)5-1-2-15-4-5/h1-2,4,7H,3H2,(H,11,12). The Bertz CT molecular complexity index is 409. The maximum Gasteiger partial charge on any atom is 0.323 e. The molecule has 1 aliphatic heterocycles. The van der Waals surface area contributed by atoms with Crippen LogP contribution < -0.4 is 0 Å². The molecule has 0 saturated carbocycles. The fourth-order valence-corrected chi connectivity index (χ4v) is 2.16. The molecule has 5 nitrogen and oxygen atoms in total. The molecule has 1 aromatic heterocycles. The van der Waals surface area contributed by atoms with Crippen LogP contribution in [0.5, 0.6) is 0 Å². The van der Waals surface area contributed by atoms with E-state index in [1.807, 2.05) is 0 Å². The zero-order valence-corrected chi connectivity index (χ0v) is 8.36. The highest BCUT2D eigenvalue weighted by atomic mass is 32.1. The largest absolute Gasteiger partial charge is 0.480 e. The van der Waals surface area contributed by atoms with E-state index in [2.05, 4.69) is 0 Å². The van der Waals surface area contributed by atoms with Crippen LogP contribution in [-0.2, 0) is 14.4 Å². The van der Waals surface area contributed by atoms with Crippen LogP contribution in [0.4, 0.5) is 0 Å². The minimum atomic E-state index is -1.18. The molecule has 0 atom stereocenters. The first kappa shape index (κ1) is 9.85. The molecule has 0 bridgehead atoms. The Morgan fingerprint density at radius 1 is 1.47 bits per heavy atom. The minimum absolute atomic E-state index is 0.430. The Balaban J connectivity index is 2.12. The Morgan fingerprint density at radius 2 is 2.13 bits per heavy atom. The molecule has 2 rings (SSSR count). The molecule has 1 aromatic rings. The van der Waals surface area contributed by atoms with Crippen molar-refractivity contribution in [2.45, 2.75) is 5.92 Å². The number of amides is 2. The number of hydrogen-bond acceptors (Lipinski definition) is 4. The number of carbonyl (C=O) groups is 3. The number of imide groups is 1. The van der Waals surface area contributed by atoms with E-state index in [1.165, 1.54) is 11.3 Å². The molecule has 78 valence electrons. The molecule has 15 heavy (non-hydrogen) atoms. The SMILES string of the molecule is O=C(O)CN1C(=O)C(c2ccsc2)C1=O. The van der Waals surface area contributed by atoms with Crippen molar-refractivity contribution in [1.29, 1.82) is 0 Å². The van der Waals surface area contributed by atoms with Gasteiger partial charge in [0.2, 0.25) is 11.8 Å². The van der Waals surface area contributed by atoms with Gasteiger partial charge in [-0.15, -0.1) is 0 Å². The number of aliphatic carboxylic acids is 1. The van der Waals surface area contributed by atoms with Crippen LogP contribution in [0.3, 0.4) is 0 Å². The predicted molar refractivity (Wildman–Crippen MR) is 51.4 cm³/mol. The Labute approximate surface area is 88.9 Å². The smallest absolute Gasteiger partial charge is 0.323 e. The average Bonchev–Trinajstić information content (AvgIpc) is 2.68. The number of β-lactam (4-membered cyclic amide) rings is 2. The number of hydrogen-bond donors (Lipinski definition) is 1. The molecular weight excluding hydrogens is 218 g/mol. The van der Waals surface area contributed by atoms with E-state index in [9.17, 15) is 14.4 Å². The molecule has 0 aliphatic carbocycles. The number of carbonyl (C=O) groups excluding carboxylic acids is 2. The fraction of sp³-hybridized carbons (Fsp3) is 0.222. The molecule has 6 heteroatoms. The number of carboxylic acid groups (broad SMARTS) is 1. The van der Waals surface area contributed by atoms with E-state index in [1.54, 1.807) is 16.8 Å². The van der Waals surface area contributed by atoms with E-state index in [0.29, 0.717) is 5.56 Å². The van der Waals surface area contributed by atoms with Crippen molar-refractivity contribution in [2.24, 2.45) is 0 Å². The van der Waals surface area contributed by atoms with Crippen LogP contribution in [0.1, 0.15) is 11.5 Å². The van der Waals surface area contributed by atoms with Crippen LogP contribution >= 0.6 is 11.3 Å². The maximum absolute atomic E-state index is 11.5. The zero-order valence-electron chi connectivity index (χ0n) is 7.54. The second-order valence-electron chi connectivity index (χ2n) is 3.15. The first-order valence-electron chi connectivity index (χ1n) is 4.20. The molecule has 1 saturated heterocycles. The van der Waals surface area contributed by atoms with E-state index in [4.69, 9.17) is 5.11 Å². The lowest BCUT2D eigenvalue weighted by Crippen LogP contribution is -2.57. The van der Waals surface area contributed by atoms with Gasteiger partial charge in [0.1, 0.15) is 12.5 Å². The van der Waals surface area contributed by atoms with Gasteiger partial charge in [0, 0.05) is 0 Å². The summed E-state index contributed by atoms with van der Waals surface area (Å²) < 4.78 is 0. The van der Waals surface area contributed by atoms with Gasteiger partial charge in [-0.3, -0.25) is 19.3 Å². The number of rotatable bonds is 3. The first-order valence-corrected chi connectivity index (χ1v) is 5.14. The second-order valence-corrected chi connectivity index (χ2v) is 3.93. The number of likely N-dealkylation sites (tertiary alicyclic amines) is 1. The molecule has 2 amide bonds. The molecule has 2 heterocycles. The molecule has 0 unspecified atom stereocenters. The van der Waals surface area contributed by atoms with Crippen LogP contribution in [-0.4, -0.2) is 34.3 Å². The van der Waals surface area contributed by atoms with Crippen molar-refractivity contribution in [3.8, 4) is 0 Å². The summed E-state index contributed by atoms with van der Waals surface area (Å²) in [6.45, 7) is -0.543. The highest BCUT2D eigenvalue weighted by Crippen LogP contribution is 2.31. The summed E-state index contributed by atoms with van der Waals surface area (Å²) in [6.07, 6.45) is 0. The van der Waals surface area contributed by atoms with Crippen molar-refractivity contribution < 1.29 is 19.5 Å². The number of nitrogens with zero attached hydrogens (tertiary/aromatic N) is 1. The quantitative estimate of drug-likeness (QED) is 0.592. The number of carboxylic acids is 1. The molecular formula is C9H7NO4S. The van der Waals surface area contributed by atoms with Crippen molar-refractivity contribution in [2.75, 3.05) is 6.54 Å². The monoisotopic (exact) mass is 225 g/mol. The van der Waals surface area contributed by atoms with Gasteiger partial charge in [-0.05, 0) is 22.4 Å². The average molecular weight is 225 g/mol. The summed E-state index contributed by atoms with van der Waals surface area (Å²) in [6, 6.07) is 1.70. The van der Waals surface area contributed by atoms with E-state index in [0.717, 1.165) is 4.90 Å². The van der Waals surface area contributed by atoms with Crippen LogP contribution in [0.15, 0.2) is 16.8 Å². The third-order valence-corrected chi connectivity index (χ3v) is 2.90. The van der Waals surface area contributed by atoms with Crippen molar-refractivity contribution in [1.82, 2.24) is 4.90 Å². The summed E-state index contributed by atoms with van der Waals surface area (Å²) in [5, 5.41) is 12.0. The summed E-state index contributed by atoms with van der Waals surface area (Å²) >= 11 is 1.40. The van der Waals surface area contributed by atoms with Gasteiger partial charge in [0.15, 0.2) is 0 Å². The summed E-state index contributed by atoms with van der Waals surface area (Å²) in [4.78, 5) is 34.0. The molecule has 0 radical (unpaired) electrons. The summed E-state index contributed by atoms with van der Waals surface area (Å²) in [5.74, 6) is -2.82. The van der Waals surface area contributed by atoms with Crippen LogP contribution in [0, 0.1) is 0 Å². The Kier molecular flexibility index (Phi) is 2.28. The van der Waals surface area contributed by atoms with Crippen molar-refractivity contribution >= 4 is 29.1 Å². The molecule has 0 aromatic carbocycles. The highest BCUT2D eigenvalue weighted by Gasteiger charge is 2.48. The lowest BCUT2D eigenvalue weighted by Gasteiger charge is -2.34. The van der Waals surface area contributed by atoms with Gasteiger partial charge < -0.3 is 5.11 Å². The highest BCUT2D eigenvalue weighted by molar-refractivity contribution is 7.08. The van der Waals surface area contributed by atoms with Gasteiger partial charge in [0.25, 0.3) is 0 Å². The fourth-order valence-electron chi connectivity index (χ4n) is 1.48. The summed E-state index contributed by atoms with van der Waals surface area (Å²) in [7, 11) is 0. The van der Waals surface area contributed by atoms with E-state index >= 15 is 0 Å². The lowest BCUT2D eigenvalue weighted by atomic mass is 9.91. The molecule has 1 N–H and O–H groups in total. The predicted octanol–water partition coefficient (Wildman–Crippen LogP) is 0.285. The molecule has 1 fully saturated rings. The van der Waals surface area contributed by atoms with Crippen molar-refractivity contribution in [3.05, 3.63) is 22.4 Å². The van der Waals surface area contributed by atoms with E-state index in [-0.39, 0.29) is 0 Å². The minimum Gasteiger partial charge on any atom is -0.480 e. The van der Waals surface area contributed by atoms with E-state index < -0.39 is 30.2 Å². The topological polar surface area (TPSA) is 74.7 Å². The van der Waals surface area contributed by atoms with Gasteiger partial charge in [-0.2, -0.15) is 11.3 Å². The van der Waals surface area contributed by atoms with Crippen LogP contribution in [0.2, 0.25) is 0 Å². The van der Waals surface area contributed by atoms with Gasteiger partial charge >= 0.3 is 5.97 Å². The zero-order chi connectivity index (χ0) is 11.0. The Hall–Kier alpha value is -1.69. The third kappa shape index (κ3) is 1.52. The molecule has 0 spiro atoms. The number of thiophene rings is 1. The first-order chi connectivity index (χ1) is 7.11. The maximum atomic E-state index is 11.5. The van der Waals surface area contributed by atoms with Crippen molar-refractivity contribution in [3.63, 3.8) is 0 Å². The Morgan fingerprint density at radius 3 is 2.60 bits per heavy atom. The molecule has 1 aliphatic rings. The normalized spacial score (nSPS) is 16.7. The van der Waals surface area contributed by atoms with Gasteiger partial charge in [-0.1, -0.05) is 0 Å². The summed E-state index contributed by atoms with van der Waals surface area (Å²) in [5.41, 5.74) is 0.650. The lowest BCUT2D eigenvalue weighted by molar-refractivity contribution is -0.165. The van der Waals surface area contributed by atoms with Gasteiger partial charge in [-0.25, -0.2) is 0 Å². The van der Waals surface area contributed by atoms with Gasteiger partial charge in [0.05, 0.1) is 0 Å². The second kappa shape index (κ2) is 3.47.